The Hall–Kier alpha value is -1.61. The summed E-state index contributed by atoms with van der Waals surface area (Å²) in [6.45, 7) is 6.19. The predicted molar refractivity (Wildman–Crippen MR) is 69.6 cm³/mol. The topological polar surface area (TPSA) is 29.9 Å². The minimum absolute atomic E-state index is 0.274. The van der Waals surface area contributed by atoms with Crippen LogP contribution in [0.3, 0.4) is 0 Å². The Morgan fingerprint density at radius 3 is 2.88 bits per heavy atom. The molecule has 2 heterocycles. The lowest BCUT2D eigenvalue weighted by Crippen LogP contribution is -2.20. The zero-order chi connectivity index (χ0) is 12.1. The van der Waals surface area contributed by atoms with Crippen molar-refractivity contribution in [1.29, 1.82) is 0 Å². The van der Waals surface area contributed by atoms with Crippen molar-refractivity contribution in [3.05, 3.63) is 54.1 Å². The van der Waals surface area contributed by atoms with Gasteiger partial charge in [-0.2, -0.15) is 0 Å². The number of nitrogens with one attached hydrogen (secondary N) is 1. The third-order valence-corrected chi connectivity index (χ3v) is 2.99. The molecule has 0 aliphatic carbocycles. The summed E-state index contributed by atoms with van der Waals surface area (Å²) in [4.78, 5) is 4.35. The molecule has 0 saturated heterocycles. The Balaban J connectivity index is 1.95. The second-order valence-electron chi connectivity index (χ2n) is 4.14. The Bertz CT molecular complexity index is 448. The second-order valence-corrected chi connectivity index (χ2v) is 4.14. The fourth-order valence-corrected chi connectivity index (χ4v) is 1.91. The minimum atomic E-state index is 0.274. The monoisotopic (exact) mass is 229 g/mol. The van der Waals surface area contributed by atoms with Gasteiger partial charge >= 0.3 is 0 Å². The van der Waals surface area contributed by atoms with Crippen LogP contribution < -0.4 is 5.32 Å². The van der Waals surface area contributed by atoms with Crippen molar-refractivity contribution < 1.29 is 0 Å². The molecule has 0 radical (unpaired) electrons. The summed E-state index contributed by atoms with van der Waals surface area (Å²) in [6, 6.07) is 10.5. The highest BCUT2D eigenvalue weighted by molar-refractivity contribution is 5.10. The van der Waals surface area contributed by atoms with Gasteiger partial charge in [-0.05, 0) is 38.1 Å². The van der Waals surface area contributed by atoms with E-state index in [1.807, 2.05) is 18.3 Å². The van der Waals surface area contributed by atoms with E-state index in [-0.39, 0.29) is 6.04 Å². The number of nitrogens with zero attached hydrogens (tertiary/aromatic N) is 2. The summed E-state index contributed by atoms with van der Waals surface area (Å²) >= 11 is 0. The number of aromatic nitrogens is 2. The third-order valence-electron chi connectivity index (χ3n) is 2.99. The van der Waals surface area contributed by atoms with Crippen molar-refractivity contribution in [2.24, 2.45) is 0 Å². The van der Waals surface area contributed by atoms with Crippen LogP contribution in [0.15, 0.2) is 42.7 Å². The molecule has 17 heavy (non-hydrogen) atoms. The van der Waals surface area contributed by atoms with Gasteiger partial charge in [0.15, 0.2) is 0 Å². The molecule has 0 saturated carbocycles. The average Bonchev–Trinajstić information content (AvgIpc) is 2.84. The van der Waals surface area contributed by atoms with E-state index in [0.29, 0.717) is 0 Å². The first kappa shape index (κ1) is 11.9. The summed E-state index contributed by atoms with van der Waals surface area (Å²) in [5.41, 5.74) is 2.40. The molecule has 1 atom stereocenters. The second kappa shape index (κ2) is 5.64. The zero-order valence-corrected chi connectivity index (χ0v) is 10.4. The van der Waals surface area contributed by atoms with Crippen molar-refractivity contribution >= 4 is 0 Å². The third kappa shape index (κ3) is 2.94. The fourth-order valence-electron chi connectivity index (χ4n) is 1.91. The van der Waals surface area contributed by atoms with Crippen molar-refractivity contribution in [1.82, 2.24) is 14.9 Å². The van der Waals surface area contributed by atoms with Crippen LogP contribution in [0.25, 0.3) is 0 Å². The number of hydrogen-bond donors (Lipinski definition) is 1. The average molecular weight is 229 g/mol. The van der Waals surface area contributed by atoms with Gasteiger partial charge in [0, 0.05) is 37.2 Å². The molecule has 90 valence electrons. The van der Waals surface area contributed by atoms with Gasteiger partial charge in [-0.1, -0.05) is 6.07 Å². The highest BCUT2D eigenvalue weighted by Crippen LogP contribution is 2.10. The number of rotatable bonds is 5. The molecule has 3 heteroatoms. The van der Waals surface area contributed by atoms with E-state index < -0.39 is 0 Å². The van der Waals surface area contributed by atoms with Crippen LogP contribution in [0.4, 0.5) is 0 Å². The minimum Gasteiger partial charge on any atom is -0.351 e. The molecule has 0 aliphatic rings. The SMILES string of the molecule is CCn1cccc1CNC(C)c1ccccn1. The Morgan fingerprint density at radius 1 is 1.29 bits per heavy atom. The fraction of sp³-hybridized carbons (Fsp3) is 0.357. The lowest BCUT2D eigenvalue weighted by Gasteiger charge is -2.14. The van der Waals surface area contributed by atoms with Gasteiger partial charge in [0.2, 0.25) is 0 Å². The summed E-state index contributed by atoms with van der Waals surface area (Å²) in [5, 5.41) is 3.49. The van der Waals surface area contributed by atoms with Crippen LogP contribution in [-0.4, -0.2) is 9.55 Å². The smallest absolute Gasteiger partial charge is 0.0570 e. The molecule has 0 fully saturated rings. The van der Waals surface area contributed by atoms with E-state index in [2.05, 4.69) is 53.1 Å². The lowest BCUT2D eigenvalue weighted by molar-refractivity contribution is 0.539. The van der Waals surface area contributed by atoms with Crippen LogP contribution in [0.2, 0.25) is 0 Å². The molecule has 0 spiro atoms. The van der Waals surface area contributed by atoms with E-state index in [0.717, 1.165) is 18.8 Å². The van der Waals surface area contributed by atoms with Crippen molar-refractivity contribution in [3.63, 3.8) is 0 Å². The van der Waals surface area contributed by atoms with Crippen molar-refractivity contribution in [2.75, 3.05) is 0 Å². The maximum absolute atomic E-state index is 4.35. The van der Waals surface area contributed by atoms with Gasteiger partial charge in [0.1, 0.15) is 0 Å². The quantitative estimate of drug-likeness (QED) is 0.854. The van der Waals surface area contributed by atoms with Gasteiger partial charge < -0.3 is 9.88 Å². The van der Waals surface area contributed by atoms with Crippen LogP contribution in [0.1, 0.15) is 31.3 Å². The van der Waals surface area contributed by atoms with E-state index in [1.54, 1.807) is 0 Å². The van der Waals surface area contributed by atoms with E-state index in [4.69, 9.17) is 0 Å². The Labute approximate surface area is 103 Å². The van der Waals surface area contributed by atoms with Crippen LogP contribution >= 0.6 is 0 Å². The Kier molecular flexibility index (Phi) is 3.94. The molecule has 2 aromatic rings. The molecule has 1 N–H and O–H groups in total. The number of hydrogen-bond acceptors (Lipinski definition) is 2. The highest BCUT2D eigenvalue weighted by atomic mass is 15.0. The lowest BCUT2D eigenvalue weighted by atomic mass is 10.2. The van der Waals surface area contributed by atoms with Crippen LogP contribution in [0.5, 0.6) is 0 Å². The summed E-state index contributed by atoms with van der Waals surface area (Å²) in [5.74, 6) is 0. The Morgan fingerprint density at radius 2 is 2.18 bits per heavy atom. The van der Waals surface area contributed by atoms with Gasteiger partial charge in [-0.15, -0.1) is 0 Å². The van der Waals surface area contributed by atoms with Crippen molar-refractivity contribution in [3.8, 4) is 0 Å². The summed E-state index contributed by atoms with van der Waals surface area (Å²) in [6.07, 6.45) is 3.95. The molecule has 0 aliphatic heterocycles. The molecule has 0 amide bonds. The molecule has 0 aromatic carbocycles. The molecule has 2 rings (SSSR count). The number of pyridine rings is 1. The molecular formula is C14H19N3. The first-order chi connectivity index (χ1) is 8.31. The normalized spacial score (nSPS) is 12.6. The molecule has 3 nitrogen and oxygen atoms in total. The van der Waals surface area contributed by atoms with E-state index in [9.17, 15) is 0 Å². The van der Waals surface area contributed by atoms with Gasteiger partial charge in [0.05, 0.1) is 5.69 Å². The molecular weight excluding hydrogens is 210 g/mol. The molecule has 2 aromatic heterocycles. The number of aryl methyl sites for hydroxylation is 1. The standard InChI is InChI=1S/C14H19N3/c1-3-17-10-6-7-13(17)11-16-12(2)14-8-4-5-9-15-14/h4-10,12,16H,3,11H2,1-2H3. The molecule has 1 unspecified atom stereocenters. The highest BCUT2D eigenvalue weighted by Gasteiger charge is 2.06. The van der Waals surface area contributed by atoms with Gasteiger partial charge in [0.25, 0.3) is 0 Å². The predicted octanol–water partition coefficient (Wildman–Crippen LogP) is 2.75. The van der Waals surface area contributed by atoms with Crippen LogP contribution in [0, 0.1) is 0 Å². The van der Waals surface area contributed by atoms with Crippen molar-refractivity contribution in [2.45, 2.75) is 33.0 Å². The summed E-state index contributed by atoms with van der Waals surface area (Å²) in [7, 11) is 0. The van der Waals surface area contributed by atoms with E-state index >= 15 is 0 Å². The maximum atomic E-state index is 4.35. The maximum Gasteiger partial charge on any atom is 0.0570 e. The van der Waals surface area contributed by atoms with Crippen LogP contribution in [-0.2, 0) is 13.1 Å². The first-order valence-corrected chi connectivity index (χ1v) is 6.09. The largest absolute Gasteiger partial charge is 0.351 e. The summed E-state index contributed by atoms with van der Waals surface area (Å²) < 4.78 is 2.25. The van der Waals surface area contributed by atoms with Gasteiger partial charge in [-0.3, -0.25) is 4.98 Å². The first-order valence-electron chi connectivity index (χ1n) is 6.09. The molecule has 0 bridgehead atoms. The van der Waals surface area contributed by atoms with Gasteiger partial charge in [-0.25, -0.2) is 0 Å². The zero-order valence-electron chi connectivity index (χ0n) is 10.4. The van der Waals surface area contributed by atoms with E-state index in [1.165, 1.54) is 5.69 Å².